The number of hydrogen-bond acceptors (Lipinski definition) is 4. The minimum atomic E-state index is 0.112. The van der Waals surface area contributed by atoms with Crippen molar-refractivity contribution >= 4 is 28.4 Å². The lowest BCUT2D eigenvalue weighted by Crippen LogP contribution is -2.06. The fourth-order valence-corrected chi connectivity index (χ4v) is 4.64. The molecule has 30 heavy (non-hydrogen) atoms. The summed E-state index contributed by atoms with van der Waals surface area (Å²) in [6.45, 7) is 6.10. The van der Waals surface area contributed by atoms with Gasteiger partial charge in [-0.3, -0.25) is 4.79 Å². The van der Waals surface area contributed by atoms with Crippen molar-refractivity contribution in [2.24, 2.45) is 0 Å². The molecular weight excluding hydrogens is 392 g/mol. The molecule has 152 valence electrons. The van der Waals surface area contributed by atoms with E-state index in [4.69, 9.17) is 9.72 Å². The van der Waals surface area contributed by atoms with E-state index in [-0.39, 0.29) is 5.78 Å². The predicted molar refractivity (Wildman–Crippen MR) is 123 cm³/mol. The Hall–Kier alpha value is -3.05. The first-order valence-corrected chi connectivity index (χ1v) is 10.8. The van der Waals surface area contributed by atoms with Crippen LogP contribution in [0.3, 0.4) is 0 Å². The highest BCUT2D eigenvalue weighted by Crippen LogP contribution is 2.27. The standard InChI is InChI=1S/C25H24N2O2S/c1-16-13-25(26-23-8-6-5-7-21(16)23)30-15-24(28)22-14-17(2)27(18(22)3)19-9-11-20(29-4)12-10-19/h5-14H,15H2,1-4H3. The third-order valence-electron chi connectivity index (χ3n) is 5.31. The Labute approximate surface area is 180 Å². The second-order valence-electron chi connectivity index (χ2n) is 7.32. The number of benzene rings is 2. The first kappa shape index (κ1) is 20.2. The summed E-state index contributed by atoms with van der Waals surface area (Å²) < 4.78 is 7.35. The number of aromatic nitrogens is 2. The van der Waals surface area contributed by atoms with Crippen molar-refractivity contribution in [3.05, 3.63) is 83.2 Å². The molecule has 0 spiro atoms. The Morgan fingerprint density at radius 3 is 2.50 bits per heavy atom. The second kappa shape index (κ2) is 8.36. The summed E-state index contributed by atoms with van der Waals surface area (Å²) in [5.41, 5.74) is 5.90. The monoisotopic (exact) mass is 416 g/mol. The first-order chi connectivity index (χ1) is 14.5. The molecule has 2 heterocycles. The predicted octanol–water partition coefficient (Wildman–Crippen LogP) is 5.93. The normalized spacial score (nSPS) is 11.1. The molecule has 0 aliphatic heterocycles. The summed E-state index contributed by atoms with van der Waals surface area (Å²) in [6, 6.07) is 20.0. The number of pyridine rings is 1. The zero-order valence-electron chi connectivity index (χ0n) is 17.6. The molecular formula is C25H24N2O2S. The molecule has 0 unspecified atom stereocenters. The largest absolute Gasteiger partial charge is 0.497 e. The van der Waals surface area contributed by atoms with Gasteiger partial charge in [0, 0.05) is 28.0 Å². The summed E-state index contributed by atoms with van der Waals surface area (Å²) in [6.07, 6.45) is 0. The van der Waals surface area contributed by atoms with Gasteiger partial charge < -0.3 is 9.30 Å². The van der Waals surface area contributed by atoms with Gasteiger partial charge in [0.15, 0.2) is 5.78 Å². The van der Waals surface area contributed by atoms with Crippen LogP contribution >= 0.6 is 11.8 Å². The SMILES string of the molecule is COc1ccc(-n2c(C)cc(C(=O)CSc3cc(C)c4ccccc4n3)c2C)cc1. The molecule has 5 heteroatoms. The third-order valence-corrected chi connectivity index (χ3v) is 6.22. The highest BCUT2D eigenvalue weighted by atomic mass is 32.2. The van der Waals surface area contributed by atoms with E-state index in [1.807, 2.05) is 62.4 Å². The Balaban J connectivity index is 1.55. The van der Waals surface area contributed by atoms with Gasteiger partial charge in [0.2, 0.25) is 0 Å². The second-order valence-corrected chi connectivity index (χ2v) is 8.32. The van der Waals surface area contributed by atoms with Gasteiger partial charge in [0.25, 0.3) is 0 Å². The van der Waals surface area contributed by atoms with Crippen molar-refractivity contribution in [1.82, 2.24) is 9.55 Å². The molecule has 2 aromatic carbocycles. The lowest BCUT2D eigenvalue weighted by molar-refractivity contribution is 0.102. The number of carbonyl (C=O) groups is 1. The summed E-state index contributed by atoms with van der Waals surface area (Å²) >= 11 is 1.49. The van der Waals surface area contributed by atoms with Gasteiger partial charge in [-0.25, -0.2) is 4.98 Å². The average Bonchev–Trinajstić information content (AvgIpc) is 3.06. The van der Waals surface area contributed by atoms with Crippen LogP contribution in [0.5, 0.6) is 5.75 Å². The molecule has 0 saturated carbocycles. The fourth-order valence-electron chi connectivity index (χ4n) is 3.78. The number of aryl methyl sites for hydroxylation is 2. The molecule has 0 saturated heterocycles. The van der Waals surface area contributed by atoms with Crippen LogP contribution in [0.2, 0.25) is 0 Å². The Morgan fingerprint density at radius 2 is 1.77 bits per heavy atom. The van der Waals surface area contributed by atoms with Gasteiger partial charge in [-0.2, -0.15) is 0 Å². The van der Waals surface area contributed by atoms with E-state index < -0.39 is 0 Å². The molecule has 4 aromatic rings. The van der Waals surface area contributed by atoms with Gasteiger partial charge in [-0.1, -0.05) is 30.0 Å². The van der Waals surface area contributed by atoms with Crippen molar-refractivity contribution in [2.75, 3.05) is 12.9 Å². The van der Waals surface area contributed by atoms with Crippen molar-refractivity contribution in [3.63, 3.8) is 0 Å². The van der Waals surface area contributed by atoms with E-state index in [1.165, 1.54) is 17.3 Å². The smallest absolute Gasteiger partial charge is 0.174 e. The third kappa shape index (κ3) is 3.85. The molecule has 0 atom stereocenters. The van der Waals surface area contributed by atoms with E-state index in [2.05, 4.69) is 23.6 Å². The maximum atomic E-state index is 13.0. The molecule has 4 rings (SSSR count). The lowest BCUT2D eigenvalue weighted by Gasteiger charge is -2.11. The first-order valence-electron chi connectivity index (χ1n) is 9.83. The number of methoxy groups -OCH3 is 1. The average molecular weight is 417 g/mol. The number of para-hydroxylation sites is 1. The number of fused-ring (bicyclic) bond motifs is 1. The molecule has 2 aromatic heterocycles. The minimum absolute atomic E-state index is 0.112. The van der Waals surface area contributed by atoms with Crippen molar-refractivity contribution in [3.8, 4) is 11.4 Å². The van der Waals surface area contributed by atoms with Crippen LogP contribution < -0.4 is 4.74 Å². The summed E-state index contributed by atoms with van der Waals surface area (Å²) in [7, 11) is 1.65. The number of carbonyl (C=O) groups excluding carboxylic acids is 1. The number of rotatable bonds is 6. The Bertz CT molecular complexity index is 1230. The number of thioether (sulfide) groups is 1. The van der Waals surface area contributed by atoms with Gasteiger partial charge in [0.05, 0.1) is 23.4 Å². The van der Waals surface area contributed by atoms with Crippen LogP contribution in [-0.2, 0) is 0 Å². The van der Waals surface area contributed by atoms with Crippen LogP contribution in [0.4, 0.5) is 0 Å². The van der Waals surface area contributed by atoms with Gasteiger partial charge >= 0.3 is 0 Å². The van der Waals surface area contributed by atoms with Gasteiger partial charge in [-0.05, 0) is 68.8 Å². The molecule has 0 N–H and O–H groups in total. The molecule has 0 bridgehead atoms. The zero-order chi connectivity index (χ0) is 21.3. The quantitative estimate of drug-likeness (QED) is 0.288. The van der Waals surface area contributed by atoms with Crippen molar-refractivity contribution < 1.29 is 9.53 Å². The highest BCUT2D eigenvalue weighted by molar-refractivity contribution is 7.99. The maximum Gasteiger partial charge on any atom is 0.174 e. The molecule has 0 radical (unpaired) electrons. The fraction of sp³-hybridized carbons (Fsp3) is 0.200. The Kier molecular flexibility index (Phi) is 5.64. The van der Waals surface area contributed by atoms with Crippen LogP contribution in [0.1, 0.15) is 27.3 Å². The van der Waals surface area contributed by atoms with E-state index >= 15 is 0 Å². The van der Waals surface area contributed by atoms with Crippen LogP contribution in [0, 0.1) is 20.8 Å². The lowest BCUT2D eigenvalue weighted by atomic mass is 10.1. The summed E-state index contributed by atoms with van der Waals surface area (Å²) in [4.78, 5) is 17.7. The van der Waals surface area contributed by atoms with E-state index in [0.717, 1.165) is 44.3 Å². The molecule has 4 nitrogen and oxygen atoms in total. The van der Waals surface area contributed by atoms with Crippen LogP contribution in [0.25, 0.3) is 16.6 Å². The van der Waals surface area contributed by atoms with E-state index in [1.54, 1.807) is 7.11 Å². The van der Waals surface area contributed by atoms with Crippen molar-refractivity contribution in [1.29, 1.82) is 0 Å². The molecule has 0 aliphatic rings. The number of ether oxygens (including phenoxy) is 1. The van der Waals surface area contributed by atoms with Gasteiger partial charge in [-0.15, -0.1) is 0 Å². The topological polar surface area (TPSA) is 44.1 Å². The highest BCUT2D eigenvalue weighted by Gasteiger charge is 2.17. The summed E-state index contributed by atoms with van der Waals surface area (Å²) in [5.74, 6) is 1.28. The number of Topliss-reactive ketones (excluding diaryl/α,β-unsaturated/α-hetero) is 1. The van der Waals surface area contributed by atoms with Crippen LogP contribution in [-0.4, -0.2) is 28.2 Å². The van der Waals surface area contributed by atoms with Crippen molar-refractivity contribution in [2.45, 2.75) is 25.8 Å². The minimum Gasteiger partial charge on any atom is -0.497 e. The molecule has 0 aliphatic carbocycles. The van der Waals surface area contributed by atoms with E-state index in [0.29, 0.717) is 5.75 Å². The number of nitrogens with zero attached hydrogens (tertiary/aromatic N) is 2. The zero-order valence-corrected chi connectivity index (χ0v) is 18.4. The molecule has 0 fully saturated rings. The number of ketones is 1. The number of hydrogen-bond donors (Lipinski definition) is 0. The van der Waals surface area contributed by atoms with Gasteiger partial charge in [0.1, 0.15) is 5.75 Å². The Morgan fingerprint density at radius 1 is 1.03 bits per heavy atom. The summed E-state index contributed by atoms with van der Waals surface area (Å²) in [5, 5.41) is 2.03. The van der Waals surface area contributed by atoms with Crippen LogP contribution in [0.15, 0.2) is 65.7 Å². The molecule has 0 amide bonds. The van der Waals surface area contributed by atoms with E-state index in [9.17, 15) is 4.79 Å². The maximum absolute atomic E-state index is 13.0.